The number of nitrogens with zero attached hydrogens (tertiary/aromatic N) is 2. The third-order valence-corrected chi connectivity index (χ3v) is 5.90. The van der Waals surface area contributed by atoms with Crippen molar-refractivity contribution in [2.75, 3.05) is 5.32 Å². The van der Waals surface area contributed by atoms with E-state index in [2.05, 4.69) is 15.7 Å². The van der Waals surface area contributed by atoms with E-state index in [1.807, 2.05) is 32.0 Å². The number of aryl methyl sites for hydroxylation is 1. The first-order chi connectivity index (χ1) is 12.7. The van der Waals surface area contributed by atoms with Gasteiger partial charge in [0.05, 0.1) is 22.9 Å². The Kier molecular flexibility index (Phi) is 5.05. The van der Waals surface area contributed by atoms with Crippen LogP contribution in [0.15, 0.2) is 24.3 Å². The molecule has 0 saturated carbocycles. The zero-order chi connectivity index (χ0) is 19.8. The van der Waals surface area contributed by atoms with Crippen molar-refractivity contribution in [3.05, 3.63) is 41.1 Å². The average Bonchev–Trinajstić information content (AvgIpc) is 3.07. The van der Waals surface area contributed by atoms with Gasteiger partial charge in [-0.3, -0.25) is 9.59 Å². The molecule has 2 N–H and O–H groups in total. The number of rotatable bonds is 4. The van der Waals surface area contributed by atoms with Crippen LogP contribution in [-0.4, -0.2) is 36.1 Å². The van der Waals surface area contributed by atoms with Crippen LogP contribution in [0, 0.1) is 6.92 Å². The van der Waals surface area contributed by atoms with Gasteiger partial charge in [-0.15, -0.1) is 0 Å². The van der Waals surface area contributed by atoms with Crippen LogP contribution in [-0.2, 0) is 30.9 Å². The van der Waals surface area contributed by atoms with Gasteiger partial charge in [0.15, 0.2) is 9.84 Å². The molecular weight excluding hydrogens is 368 g/mol. The normalized spacial score (nSPS) is 15.8. The maximum atomic E-state index is 12.4. The molecule has 2 aromatic rings. The van der Waals surface area contributed by atoms with Crippen LogP contribution in [0.5, 0.6) is 0 Å². The average molecular weight is 390 g/mol. The number of aromatic nitrogens is 2. The van der Waals surface area contributed by atoms with Crippen LogP contribution in [0.2, 0.25) is 0 Å². The summed E-state index contributed by atoms with van der Waals surface area (Å²) in [6.07, 6.45) is 0.688. The Bertz CT molecular complexity index is 1010. The highest BCUT2D eigenvalue weighted by molar-refractivity contribution is 7.90. The lowest BCUT2D eigenvalue weighted by Gasteiger charge is -2.13. The molecule has 27 heavy (non-hydrogen) atoms. The topological polar surface area (TPSA) is 110 Å². The summed E-state index contributed by atoms with van der Waals surface area (Å²) in [6.45, 7) is 5.61. The molecule has 1 atom stereocenters. The molecule has 1 aromatic carbocycles. The molecule has 8 nitrogen and oxygen atoms in total. The van der Waals surface area contributed by atoms with E-state index < -0.39 is 21.7 Å². The second-order valence-corrected chi connectivity index (χ2v) is 8.86. The van der Waals surface area contributed by atoms with Gasteiger partial charge in [0, 0.05) is 11.6 Å². The van der Waals surface area contributed by atoms with Crippen LogP contribution < -0.4 is 10.6 Å². The molecule has 0 aliphatic carbocycles. The van der Waals surface area contributed by atoms with Gasteiger partial charge >= 0.3 is 11.8 Å². The Labute approximate surface area is 157 Å². The fourth-order valence-electron chi connectivity index (χ4n) is 2.87. The number of carbonyl (C=O) groups is 2. The lowest BCUT2D eigenvalue weighted by atomic mass is 10.2. The summed E-state index contributed by atoms with van der Waals surface area (Å²) < 4.78 is 25.4. The van der Waals surface area contributed by atoms with Gasteiger partial charge in [-0.2, -0.15) is 5.10 Å². The maximum Gasteiger partial charge on any atom is 0.314 e. The number of carbonyl (C=O) groups excluding carboxylic acids is 2. The predicted molar refractivity (Wildman–Crippen MR) is 101 cm³/mol. The molecule has 0 spiro atoms. The van der Waals surface area contributed by atoms with Crippen molar-refractivity contribution >= 4 is 27.5 Å². The molecule has 144 valence electrons. The number of benzene rings is 1. The predicted octanol–water partition coefficient (Wildman–Crippen LogP) is 1.46. The Morgan fingerprint density at radius 1 is 1.26 bits per heavy atom. The fraction of sp³-hybridized carbons (Fsp3) is 0.389. The number of amides is 2. The molecule has 1 unspecified atom stereocenters. The Morgan fingerprint density at radius 2 is 2.00 bits per heavy atom. The van der Waals surface area contributed by atoms with Crippen molar-refractivity contribution in [3.63, 3.8) is 0 Å². The summed E-state index contributed by atoms with van der Waals surface area (Å²) in [6, 6.07) is 7.29. The van der Waals surface area contributed by atoms with Crippen molar-refractivity contribution in [2.45, 2.75) is 44.7 Å². The Hall–Kier alpha value is -2.68. The lowest BCUT2D eigenvalue weighted by Crippen LogP contribution is -2.40. The van der Waals surface area contributed by atoms with Crippen molar-refractivity contribution < 1.29 is 18.0 Å². The molecule has 3 rings (SSSR count). The van der Waals surface area contributed by atoms with E-state index in [1.165, 1.54) is 4.68 Å². The van der Waals surface area contributed by atoms with E-state index in [4.69, 9.17) is 0 Å². The monoisotopic (exact) mass is 390 g/mol. The van der Waals surface area contributed by atoms with Crippen molar-refractivity contribution in [2.24, 2.45) is 0 Å². The van der Waals surface area contributed by atoms with Gasteiger partial charge in [0.1, 0.15) is 5.82 Å². The summed E-state index contributed by atoms with van der Waals surface area (Å²) in [5.74, 6) is -1.78. The summed E-state index contributed by atoms with van der Waals surface area (Å²) >= 11 is 0. The summed E-state index contributed by atoms with van der Waals surface area (Å²) in [5.41, 5.74) is 2.50. The van der Waals surface area contributed by atoms with Gasteiger partial charge in [-0.1, -0.05) is 19.1 Å². The van der Waals surface area contributed by atoms with Crippen LogP contribution >= 0.6 is 0 Å². The third kappa shape index (κ3) is 4.02. The van der Waals surface area contributed by atoms with Gasteiger partial charge in [0.25, 0.3) is 0 Å². The number of nitrogens with one attached hydrogen (secondary N) is 2. The molecule has 0 bridgehead atoms. The first kappa shape index (κ1) is 19.1. The second-order valence-electron chi connectivity index (χ2n) is 6.79. The Morgan fingerprint density at radius 3 is 2.67 bits per heavy atom. The molecule has 2 amide bonds. The van der Waals surface area contributed by atoms with Gasteiger partial charge in [-0.25, -0.2) is 13.1 Å². The first-order valence-electron chi connectivity index (χ1n) is 8.70. The zero-order valence-electron chi connectivity index (χ0n) is 15.4. The summed E-state index contributed by atoms with van der Waals surface area (Å²) in [4.78, 5) is 24.5. The zero-order valence-corrected chi connectivity index (χ0v) is 16.3. The van der Waals surface area contributed by atoms with Crippen LogP contribution in [0.4, 0.5) is 5.82 Å². The minimum Gasteiger partial charge on any atom is -0.345 e. The molecule has 2 heterocycles. The Balaban J connectivity index is 1.98. The highest BCUT2D eigenvalue weighted by Crippen LogP contribution is 2.33. The lowest BCUT2D eigenvalue weighted by molar-refractivity contribution is -0.136. The standard InChI is InChI=1S/C18H22N4O4S/c1-4-12(3)19-17(23)18(24)20-16-14-9-27(25,26)10-15(14)21-22(16)13-7-5-6-11(2)8-13/h5-8,12H,4,9-10H2,1-3H3,(H,19,23)(H,20,24). The van der Waals surface area contributed by atoms with Crippen LogP contribution in [0.3, 0.4) is 0 Å². The van der Waals surface area contributed by atoms with E-state index in [1.54, 1.807) is 13.0 Å². The van der Waals surface area contributed by atoms with Gasteiger partial charge in [-0.05, 0) is 38.0 Å². The highest BCUT2D eigenvalue weighted by atomic mass is 32.2. The van der Waals surface area contributed by atoms with Crippen LogP contribution in [0.25, 0.3) is 5.69 Å². The largest absolute Gasteiger partial charge is 0.345 e. The SMILES string of the molecule is CCC(C)NC(=O)C(=O)Nc1c2c(nn1-c1cccc(C)c1)CS(=O)(=O)C2. The molecule has 1 aliphatic heterocycles. The van der Waals surface area contributed by atoms with E-state index in [0.717, 1.165) is 5.56 Å². The molecule has 0 fully saturated rings. The summed E-state index contributed by atoms with van der Waals surface area (Å²) in [7, 11) is -3.30. The molecular formula is C18H22N4O4S. The first-order valence-corrected chi connectivity index (χ1v) is 10.5. The number of sulfone groups is 1. The van der Waals surface area contributed by atoms with Crippen LogP contribution in [0.1, 0.15) is 37.1 Å². The fourth-order valence-corrected chi connectivity index (χ4v) is 4.37. The summed E-state index contributed by atoms with van der Waals surface area (Å²) in [5, 5.41) is 9.53. The van der Waals surface area contributed by atoms with Crippen molar-refractivity contribution in [3.8, 4) is 5.69 Å². The van der Waals surface area contributed by atoms with E-state index >= 15 is 0 Å². The van der Waals surface area contributed by atoms with Gasteiger partial charge in [0.2, 0.25) is 0 Å². The van der Waals surface area contributed by atoms with E-state index in [9.17, 15) is 18.0 Å². The van der Waals surface area contributed by atoms with Crippen molar-refractivity contribution in [1.82, 2.24) is 15.1 Å². The maximum absolute atomic E-state index is 12.4. The number of anilines is 1. The smallest absolute Gasteiger partial charge is 0.314 e. The minimum atomic E-state index is -3.30. The van der Waals surface area contributed by atoms with Gasteiger partial charge < -0.3 is 10.6 Å². The highest BCUT2D eigenvalue weighted by Gasteiger charge is 2.34. The second kappa shape index (κ2) is 7.15. The number of hydrogen-bond donors (Lipinski definition) is 2. The molecule has 0 saturated heterocycles. The van der Waals surface area contributed by atoms with Crippen molar-refractivity contribution in [1.29, 1.82) is 0 Å². The molecule has 1 aromatic heterocycles. The number of fused-ring (bicyclic) bond motifs is 1. The minimum absolute atomic E-state index is 0.143. The third-order valence-electron chi connectivity index (χ3n) is 4.46. The van der Waals surface area contributed by atoms with E-state index in [-0.39, 0.29) is 23.4 Å². The molecule has 1 aliphatic rings. The number of hydrogen-bond acceptors (Lipinski definition) is 5. The van der Waals surface area contributed by atoms with E-state index in [0.29, 0.717) is 23.4 Å². The molecule has 0 radical (unpaired) electrons. The quantitative estimate of drug-likeness (QED) is 0.768. The molecule has 9 heteroatoms.